The van der Waals surface area contributed by atoms with E-state index >= 15 is 0 Å². The second kappa shape index (κ2) is 8.21. The molecule has 7 nitrogen and oxygen atoms in total. The van der Waals surface area contributed by atoms with Gasteiger partial charge in [-0.25, -0.2) is 4.79 Å². The molecule has 152 valence electrons. The van der Waals surface area contributed by atoms with Gasteiger partial charge in [0, 0.05) is 36.8 Å². The summed E-state index contributed by atoms with van der Waals surface area (Å²) in [5.41, 5.74) is 1.40. The summed E-state index contributed by atoms with van der Waals surface area (Å²) in [5.74, 6) is 0.418. The first-order valence-corrected chi connectivity index (χ1v) is 10.1. The van der Waals surface area contributed by atoms with Crippen LogP contribution in [-0.4, -0.2) is 31.4 Å². The first-order chi connectivity index (χ1) is 14.0. The molecule has 1 unspecified atom stereocenters. The Balaban J connectivity index is 1.49. The predicted octanol–water partition coefficient (Wildman–Crippen LogP) is 2.79. The molecule has 29 heavy (non-hydrogen) atoms. The first kappa shape index (κ1) is 19.4. The standard InChI is InChI=1S/C22H25N3O4/c1-14-12-18(15-4-2-10-23-13-15)29-22(28)20(14)21(27)24-16-6-8-17(9-7-16)25-11-3-5-19(25)26/h6-9,12,15,23H,2-5,10-11,13H2,1H3,(H,24,27). The summed E-state index contributed by atoms with van der Waals surface area (Å²) in [7, 11) is 0. The molecule has 0 aliphatic carbocycles. The van der Waals surface area contributed by atoms with Crippen molar-refractivity contribution in [2.24, 2.45) is 0 Å². The van der Waals surface area contributed by atoms with Crippen molar-refractivity contribution < 1.29 is 14.0 Å². The largest absolute Gasteiger partial charge is 0.427 e. The van der Waals surface area contributed by atoms with E-state index in [9.17, 15) is 14.4 Å². The quantitative estimate of drug-likeness (QED) is 0.831. The van der Waals surface area contributed by atoms with Crippen molar-refractivity contribution in [2.45, 2.75) is 38.5 Å². The number of carbonyl (C=O) groups is 2. The van der Waals surface area contributed by atoms with Crippen molar-refractivity contribution >= 4 is 23.2 Å². The van der Waals surface area contributed by atoms with Crippen LogP contribution in [0.15, 0.2) is 39.5 Å². The Labute approximate surface area is 169 Å². The fourth-order valence-corrected chi connectivity index (χ4v) is 4.04. The van der Waals surface area contributed by atoms with Crippen LogP contribution in [0.25, 0.3) is 0 Å². The van der Waals surface area contributed by atoms with E-state index < -0.39 is 11.5 Å². The van der Waals surface area contributed by atoms with E-state index in [0.717, 1.165) is 38.0 Å². The maximum Gasteiger partial charge on any atom is 0.349 e. The Bertz CT molecular complexity index is 975. The molecular formula is C22H25N3O4. The summed E-state index contributed by atoms with van der Waals surface area (Å²) in [6, 6.07) is 8.87. The smallest absolute Gasteiger partial charge is 0.349 e. The van der Waals surface area contributed by atoms with Crippen molar-refractivity contribution in [2.75, 3.05) is 29.9 Å². The number of piperidine rings is 1. The molecule has 2 saturated heterocycles. The second-order valence-corrected chi connectivity index (χ2v) is 7.69. The molecule has 1 atom stereocenters. The maximum atomic E-state index is 12.7. The van der Waals surface area contributed by atoms with E-state index in [-0.39, 0.29) is 17.4 Å². The van der Waals surface area contributed by atoms with Crippen LogP contribution in [-0.2, 0) is 4.79 Å². The van der Waals surface area contributed by atoms with E-state index in [1.807, 2.05) is 0 Å². The van der Waals surface area contributed by atoms with E-state index in [0.29, 0.717) is 30.0 Å². The molecule has 0 saturated carbocycles. The Morgan fingerprint density at radius 1 is 1.21 bits per heavy atom. The number of aryl methyl sites for hydroxylation is 1. The lowest BCUT2D eigenvalue weighted by Crippen LogP contribution is -2.30. The number of carbonyl (C=O) groups excluding carboxylic acids is 2. The number of rotatable bonds is 4. The van der Waals surface area contributed by atoms with Gasteiger partial charge < -0.3 is 20.0 Å². The Morgan fingerprint density at radius 2 is 2.00 bits per heavy atom. The zero-order valence-electron chi connectivity index (χ0n) is 16.5. The molecule has 1 aromatic heterocycles. The normalized spacial score (nSPS) is 19.4. The number of anilines is 2. The van der Waals surface area contributed by atoms with Crippen molar-refractivity contribution in [1.29, 1.82) is 0 Å². The van der Waals surface area contributed by atoms with Gasteiger partial charge in [-0.1, -0.05) is 0 Å². The number of benzene rings is 1. The lowest BCUT2D eigenvalue weighted by Gasteiger charge is -2.22. The SMILES string of the molecule is Cc1cc(C2CCCNC2)oc(=O)c1C(=O)Nc1ccc(N2CCCC2=O)cc1. The summed E-state index contributed by atoms with van der Waals surface area (Å²) in [6.07, 6.45) is 3.43. The van der Waals surface area contributed by atoms with Crippen LogP contribution in [0, 0.1) is 6.92 Å². The van der Waals surface area contributed by atoms with Crippen LogP contribution in [0.1, 0.15) is 53.3 Å². The Morgan fingerprint density at radius 3 is 2.62 bits per heavy atom. The minimum atomic E-state index is -0.609. The lowest BCUT2D eigenvalue weighted by molar-refractivity contribution is -0.117. The lowest BCUT2D eigenvalue weighted by atomic mass is 9.95. The first-order valence-electron chi connectivity index (χ1n) is 10.1. The van der Waals surface area contributed by atoms with Gasteiger partial charge in [0.25, 0.3) is 5.91 Å². The highest BCUT2D eigenvalue weighted by Crippen LogP contribution is 2.25. The van der Waals surface area contributed by atoms with E-state index in [1.54, 1.807) is 42.2 Å². The van der Waals surface area contributed by atoms with Crippen molar-refractivity contribution in [3.63, 3.8) is 0 Å². The maximum absolute atomic E-state index is 12.7. The zero-order chi connectivity index (χ0) is 20.4. The number of hydrogen-bond acceptors (Lipinski definition) is 5. The van der Waals surface area contributed by atoms with Crippen LogP contribution >= 0.6 is 0 Å². The highest BCUT2D eigenvalue weighted by atomic mass is 16.4. The van der Waals surface area contributed by atoms with Gasteiger partial charge in [0.15, 0.2) is 0 Å². The zero-order valence-corrected chi connectivity index (χ0v) is 16.5. The number of nitrogens with one attached hydrogen (secondary N) is 2. The Kier molecular flexibility index (Phi) is 5.49. The molecule has 7 heteroatoms. The molecule has 1 aromatic carbocycles. The third-order valence-electron chi connectivity index (χ3n) is 5.60. The third kappa shape index (κ3) is 4.10. The molecule has 0 bridgehead atoms. The van der Waals surface area contributed by atoms with E-state index in [1.165, 1.54) is 0 Å². The topological polar surface area (TPSA) is 91.7 Å². The molecule has 2 amide bonds. The summed E-state index contributed by atoms with van der Waals surface area (Å²) in [4.78, 5) is 38.8. The van der Waals surface area contributed by atoms with Crippen molar-refractivity contribution in [3.05, 3.63) is 57.6 Å². The van der Waals surface area contributed by atoms with E-state index in [4.69, 9.17) is 4.42 Å². The molecular weight excluding hydrogens is 370 g/mol. The number of nitrogens with zero attached hydrogens (tertiary/aromatic N) is 1. The molecule has 2 aromatic rings. The molecule has 2 aliphatic rings. The predicted molar refractivity (Wildman–Crippen MR) is 111 cm³/mol. The van der Waals surface area contributed by atoms with Gasteiger partial charge >= 0.3 is 5.63 Å². The monoisotopic (exact) mass is 395 g/mol. The van der Waals surface area contributed by atoms with E-state index in [2.05, 4.69) is 10.6 Å². The van der Waals surface area contributed by atoms with Gasteiger partial charge in [0.1, 0.15) is 11.3 Å². The van der Waals surface area contributed by atoms with Crippen LogP contribution in [0.4, 0.5) is 11.4 Å². The third-order valence-corrected chi connectivity index (χ3v) is 5.60. The molecule has 0 radical (unpaired) electrons. The molecule has 3 heterocycles. The fraction of sp³-hybridized carbons (Fsp3) is 0.409. The summed E-state index contributed by atoms with van der Waals surface area (Å²) >= 11 is 0. The van der Waals surface area contributed by atoms with Gasteiger partial charge in [0.2, 0.25) is 5.91 Å². The van der Waals surface area contributed by atoms with Crippen molar-refractivity contribution in [3.8, 4) is 0 Å². The van der Waals surface area contributed by atoms with Crippen LogP contribution in [0.3, 0.4) is 0 Å². The highest BCUT2D eigenvalue weighted by molar-refractivity contribution is 6.05. The summed E-state index contributed by atoms with van der Waals surface area (Å²) in [6.45, 7) is 4.23. The minimum absolute atomic E-state index is 0.0244. The summed E-state index contributed by atoms with van der Waals surface area (Å²) < 4.78 is 5.49. The Hall–Kier alpha value is -2.93. The van der Waals surface area contributed by atoms with Crippen molar-refractivity contribution in [1.82, 2.24) is 5.32 Å². The molecule has 2 aliphatic heterocycles. The highest BCUT2D eigenvalue weighted by Gasteiger charge is 2.23. The molecule has 2 N–H and O–H groups in total. The van der Waals surface area contributed by atoms with Gasteiger partial charge in [-0.2, -0.15) is 0 Å². The van der Waals surface area contributed by atoms with Gasteiger partial charge in [-0.3, -0.25) is 9.59 Å². The molecule has 0 spiro atoms. The average Bonchev–Trinajstić information content (AvgIpc) is 3.14. The molecule has 4 rings (SSSR count). The van der Waals surface area contributed by atoms with Crippen LogP contribution in [0.5, 0.6) is 0 Å². The van der Waals surface area contributed by atoms with Gasteiger partial charge in [-0.15, -0.1) is 0 Å². The van der Waals surface area contributed by atoms with Gasteiger partial charge in [-0.05, 0) is 68.6 Å². The number of hydrogen-bond donors (Lipinski definition) is 2. The van der Waals surface area contributed by atoms with Gasteiger partial charge in [0.05, 0.1) is 0 Å². The average molecular weight is 395 g/mol. The summed E-state index contributed by atoms with van der Waals surface area (Å²) in [5, 5.41) is 6.06. The minimum Gasteiger partial charge on any atom is -0.427 e. The van der Waals surface area contributed by atoms with Crippen LogP contribution in [0.2, 0.25) is 0 Å². The molecule has 2 fully saturated rings. The fourth-order valence-electron chi connectivity index (χ4n) is 4.04. The second-order valence-electron chi connectivity index (χ2n) is 7.69. The van der Waals surface area contributed by atoms with Crippen LogP contribution < -0.4 is 21.2 Å². The number of amides is 2.